The van der Waals surface area contributed by atoms with Crippen LogP contribution in [0.1, 0.15) is 76.6 Å². The second-order valence-corrected chi connectivity index (χ2v) is 10.2. The molecule has 0 aromatic heterocycles. The lowest BCUT2D eigenvalue weighted by molar-refractivity contribution is -0.131. The molecule has 1 unspecified atom stereocenters. The Bertz CT molecular complexity index is 960. The highest BCUT2D eigenvalue weighted by Gasteiger charge is 2.32. The quantitative estimate of drug-likeness (QED) is 0.296. The number of ether oxygens (including phenoxy) is 2. The number of aliphatic hydroxyl groups excluding tert-OH is 1. The van der Waals surface area contributed by atoms with Crippen molar-refractivity contribution >= 4 is 5.91 Å². The van der Waals surface area contributed by atoms with Gasteiger partial charge in [-0.2, -0.15) is 0 Å². The van der Waals surface area contributed by atoms with Crippen molar-refractivity contribution in [2.24, 2.45) is 11.3 Å². The molecule has 0 fully saturated rings. The summed E-state index contributed by atoms with van der Waals surface area (Å²) in [6.45, 7) is 15.4. The maximum absolute atomic E-state index is 11.3. The number of benzene rings is 2. The van der Waals surface area contributed by atoms with E-state index in [0.29, 0.717) is 23.8 Å². The number of hydrogen-bond donors (Lipinski definition) is 3. The molecule has 6 nitrogen and oxygen atoms in total. The van der Waals surface area contributed by atoms with Gasteiger partial charge in [0.15, 0.2) is 6.61 Å². The van der Waals surface area contributed by atoms with E-state index in [9.17, 15) is 9.90 Å². The Morgan fingerprint density at radius 1 is 1.00 bits per heavy atom. The highest BCUT2D eigenvalue weighted by atomic mass is 16.5. The molecule has 2 aromatic rings. The third-order valence-corrected chi connectivity index (χ3v) is 7.17. The zero-order chi connectivity index (χ0) is 25.5. The molecule has 2 aromatic carbocycles. The minimum atomic E-state index is -0.654. The molecule has 0 heterocycles. The molecule has 0 aliphatic heterocycles. The van der Waals surface area contributed by atoms with Gasteiger partial charge in [-0.15, -0.1) is 0 Å². The number of aryl methyl sites for hydroxylation is 1. The molecule has 0 aliphatic rings. The smallest absolute Gasteiger partial charge is 0.281 e. The molecule has 0 aliphatic carbocycles. The minimum absolute atomic E-state index is 0.190. The molecule has 0 bridgehead atoms. The van der Waals surface area contributed by atoms with E-state index in [0.717, 1.165) is 29.7 Å². The predicted molar refractivity (Wildman–Crippen MR) is 134 cm³/mol. The van der Waals surface area contributed by atoms with E-state index in [4.69, 9.17) is 14.7 Å². The first kappa shape index (κ1) is 27.7. The van der Waals surface area contributed by atoms with Crippen molar-refractivity contribution in [3.63, 3.8) is 0 Å². The van der Waals surface area contributed by atoms with Crippen LogP contribution in [-0.4, -0.2) is 29.4 Å². The standard InChI is InChI=1S/C28H41NO5/c1-8-28(9-2,23-11-13-25(21(15-23)16-30)34-18-26(31)29-32)22-10-12-24(19(3)14-22)33-17-20(4)27(5,6)7/h10-15,20,30,32H,8-9,16-18H2,1-7H3,(H,29,31). The number of nitrogens with one attached hydrogen (secondary N) is 1. The maximum Gasteiger partial charge on any atom is 0.281 e. The largest absolute Gasteiger partial charge is 0.493 e. The Balaban J connectivity index is 2.37. The van der Waals surface area contributed by atoms with Gasteiger partial charge in [-0.1, -0.05) is 59.7 Å². The van der Waals surface area contributed by atoms with Gasteiger partial charge in [0.25, 0.3) is 5.91 Å². The van der Waals surface area contributed by atoms with E-state index in [1.165, 1.54) is 5.56 Å². The van der Waals surface area contributed by atoms with Crippen LogP contribution in [0.15, 0.2) is 36.4 Å². The summed E-state index contributed by atoms with van der Waals surface area (Å²) in [5.41, 5.74) is 5.47. The van der Waals surface area contributed by atoms with E-state index in [1.807, 2.05) is 12.1 Å². The van der Waals surface area contributed by atoms with Gasteiger partial charge in [0.1, 0.15) is 11.5 Å². The molecule has 0 saturated heterocycles. The van der Waals surface area contributed by atoms with Gasteiger partial charge in [0.2, 0.25) is 0 Å². The van der Waals surface area contributed by atoms with Crippen LogP contribution in [0.2, 0.25) is 0 Å². The molecule has 6 heteroatoms. The number of carbonyl (C=O) groups is 1. The van der Waals surface area contributed by atoms with Crippen molar-refractivity contribution in [3.8, 4) is 11.5 Å². The monoisotopic (exact) mass is 471 g/mol. The summed E-state index contributed by atoms with van der Waals surface area (Å²) in [7, 11) is 0. The Morgan fingerprint density at radius 3 is 2.09 bits per heavy atom. The van der Waals surface area contributed by atoms with Crippen LogP contribution in [0.3, 0.4) is 0 Å². The fraction of sp³-hybridized carbons (Fsp3) is 0.536. The molecule has 0 radical (unpaired) electrons. The summed E-state index contributed by atoms with van der Waals surface area (Å²) in [5, 5.41) is 18.6. The van der Waals surface area contributed by atoms with Gasteiger partial charge < -0.3 is 14.6 Å². The molecule has 0 spiro atoms. The molecular weight excluding hydrogens is 430 g/mol. The van der Waals surface area contributed by atoms with E-state index < -0.39 is 5.91 Å². The summed E-state index contributed by atoms with van der Waals surface area (Å²) in [6.07, 6.45) is 1.75. The number of carbonyl (C=O) groups excluding carboxylic acids is 1. The average Bonchev–Trinajstić information content (AvgIpc) is 2.82. The molecule has 3 N–H and O–H groups in total. The molecular formula is C28H41NO5. The van der Waals surface area contributed by atoms with Crippen molar-refractivity contribution < 1.29 is 24.6 Å². The molecule has 1 atom stereocenters. The van der Waals surface area contributed by atoms with Crippen LogP contribution in [0.5, 0.6) is 11.5 Å². The van der Waals surface area contributed by atoms with Crippen molar-refractivity contribution in [2.45, 2.75) is 73.3 Å². The van der Waals surface area contributed by atoms with Gasteiger partial charge in [0.05, 0.1) is 13.2 Å². The normalized spacial score (nSPS) is 12.9. The second kappa shape index (κ2) is 11.7. The first-order valence-corrected chi connectivity index (χ1v) is 12.1. The summed E-state index contributed by atoms with van der Waals surface area (Å²) in [5.74, 6) is 1.10. The minimum Gasteiger partial charge on any atom is -0.493 e. The van der Waals surface area contributed by atoms with Gasteiger partial charge in [-0.05, 0) is 66.0 Å². The van der Waals surface area contributed by atoms with Crippen molar-refractivity contribution in [1.29, 1.82) is 0 Å². The second-order valence-electron chi connectivity index (χ2n) is 10.2. The number of hydrogen-bond acceptors (Lipinski definition) is 5. The fourth-order valence-corrected chi connectivity index (χ4v) is 4.12. The zero-order valence-electron chi connectivity index (χ0n) is 21.7. The lowest BCUT2D eigenvalue weighted by atomic mass is 9.70. The number of amides is 1. The van der Waals surface area contributed by atoms with Crippen molar-refractivity contribution in [2.75, 3.05) is 13.2 Å². The molecule has 2 rings (SSSR count). The molecule has 34 heavy (non-hydrogen) atoms. The predicted octanol–water partition coefficient (Wildman–Crippen LogP) is 5.54. The zero-order valence-corrected chi connectivity index (χ0v) is 21.7. The van der Waals surface area contributed by atoms with Crippen LogP contribution in [0.25, 0.3) is 0 Å². The highest BCUT2D eigenvalue weighted by Crippen LogP contribution is 2.42. The van der Waals surface area contributed by atoms with Crippen LogP contribution >= 0.6 is 0 Å². The maximum atomic E-state index is 11.3. The summed E-state index contributed by atoms with van der Waals surface area (Å²) in [6, 6.07) is 12.1. The van der Waals surface area contributed by atoms with Crippen molar-refractivity contribution in [1.82, 2.24) is 5.48 Å². The SMILES string of the molecule is CCC(CC)(c1ccc(OCC(C)C(C)(C)C)c(C)c1)c1ccc(OCC(=O)NO)c(CO)c1. The van der Waals surface area contributed by atoms with E-state index in [2.05, 4.69) is 66.7 Å². The van der Waals surface area contributed by atoms with Gasteiger partial charge in [0, 0.05) is 11.0 Å². The van der Waals surface area contributed by atoms with E-state index in [1.54, 1.807) is 11.5 Å². The summed E-state index contributed by atoms with van der Waals surface area (Å²) < 4.78 is 11.7. The number of rotatable bonds is 11. The first-order chi connectivity index (χ1) is 16.0. The average molecular weight is 472 g/mol. The Morgan fingerprint density at radius 2 is 1.59 bits per heavy atom. The Labute approximate surface area is 204 Å². The Hall–Kier alpha value is -2.57. The van der Waals surface area contributed by atoms with Gasteiger partial charge >= 0.3 is 0 Å². The van der Waals surface area contributed by atoms with Crippen LogP contribution in [-0.2, 0) is 16.8 Å². The van der Waals surface area contributed by atoms with E-state index >= 15 is 0 Å². The number of hydroxylamine groups is 1. The summed E-state index contributed by atoms with van der Waals surface area (Å²) >= 11 is 0. The fourth-order valence-electron chi connectivity index (χ4n) is 4.12. The lowest BCUT2D eigenvalue weighted by Crippen LogP contribution is -2.27. The molecule has 1 amide bonds. The van der Waals surface area contributed by atoms with Crippen LogP contribution in [0, 0.1) is 18.3 Å². The van der Waals surface area contributed by atoms with Gasteiger partial charge in [-0.3, -0.25) is 10.0 Å². The molecule has 0 saturated carbocycles. The van der Waals surface area contributed by atoms with E-state index in [-0.39, 0.29) is 24.0 Å². The van der Waals surface area contributed by atoms with Crippen molar-refractivity contribution in [3.05, 3.63) is 58.7 Å². The molecule has 188 valence electrons. The lowest BCUT2D eigenvalue weighted by Gasteiger charge is -2.34. The third kappa shape index (κ3) is 6.30. The van der Waals surface area contributed by atoms with Gasteiger partial charge in [-0.25, -0.2) is 5.48 Å². The van der Waals surface area contributed by atoms with Crippen LogP contribution in [0.4, 0.5) is 0 Å². The summed E-state index contributed by atoms with van der Waals surface area (Å²) in [4.78, 5) is 11.3. The Kier molecular flexibility index (Phi) is 9.54. The van der Waals surface area contributed by atoms with Crippen LogP contribution < -0.4 is 15.0 Å². The highest BCUT2D eigenvalue weighted by molar-refractivity contribution is 5.76. The third-order valence-electron chi connectivity index (χ3n) is 7.17. The first-order valence-electron chi connectivity index (χ1n) is 12.1. The number of aliphatic hydroxyl groups is 1. The topological polar surface area (TPSA) is 88.0 Å².